The molecule has 0 fully saturated rings. The predicted octanol–water partition coefficient (Wildman–Crippen LogP) is 4.34. The average Bonchev–Trinajstić information content (AvgIpc) is 2.38. The lowest BCUT2D eigenvalue weighted by Gasteiger charge is -2.28. The zero-order valence-electron chi connectivity index (χ0n) is 13.0. The van der Waals surface area contributed by atoms with Crippen molar-refractivity contribution in [3.8, 4) is 0 Å². The summed E-state index contributed by atoms with van der Waals surface area (Å²) in [5, 5.41) is 0. The van der Waals surface area contributed by atoms with Crippen LogP contribution >= 0.6 is 0 Å². The third kappa shape index (κ3) is 8.73. The van der Waals surface area contributed by atoms with Crippen LogP contribution in [0.2, 0.25) is 6.04 Å². The van der Waals surface area contributed by atoms with E-state index in [1.165, 1.54) is 0 Å². The molecule has 0 N–H and O–H groups in total. The summed E-state index contributed by atoms with van der Waals surface area (Å²) in [7, 11) is -2.65. The maximum atomic E-state index is 13.8. The Hall–Kier alpha value is 0.0269. The fourth-order valence-corrected chi connectivity index (χ4v) is 4.76. The van der Waals surface area contributed by atoms with Gasteiger partial charge in [-0.25, -0.2) is 4.39 Å². The first kappa shape index (κ1) is 19.0. The quantitative estimate of drug-likeness (QED) is 0.373. The lowest BCUT2D eigenvalue weighted by molar-refractivity contribution is 0.0685. The van der Waals surface area contributed by atoms with Crippen molar-refractivity contribution in [3.05, 3.63) is 0 Å². The maximum Gasteiger partial charge on any atom is 0.501 e. The Morgan fingerprint density at radius 1 is 0.842 bits per heavy atom. The molecule has 0 heterocycles. The van der Waals surface area contributed by atoms with Gasteiger partial charge < -0.3 is 13.3 Å². The number of alkyl halides is 1. The second kappa shape index (κ2) is 11.8. The van der Waals surface area contributed by atoms with Gasteiger partial charge in [-0.15, -0.1) is 0 Å². The highest BCUT2D eigenvalue weighted by Gasteiger charge is 2.40. The molecule has 0 radical (unpaired) electrons. The number of unbranched alkanes of at least 4 members (excludes halogenated alkanes) is 2. The first-order valence-electron chi connectivity index (χ1n) is 7.70. The Kier molecular flexibility index (Phi) is 11.8. The van der Waals surface area contributed by atoms with Crippen LogP contribution in [0.3, 0.4) is 0 Å². The van der Waals surface area contributed by atoms with Crippen molar-refractivity contribution < 1.29 is 17.7 Å². The molecule has 0 amide bonds. The monoisotopic (exact) mass is 294 g/mol. The molecule has 0 saturated carbocycles. The molecule has 19 heavy (non-hydrogen) atoms. The Morgan fingerprint density at radius 3 is 1.79 bits per heavy atom. The normalized spacial score (nSPS) is 13.7. The SMILES string of the molecule is CCCCCC(F)CC[Si](OCC)(OCC)OCC. The molecule has 116 valence electrons. The van der Waals surface area contributed by atoms with E-state index in [0.717, 1.165) is 19.3 Å². The number of hydrogen-bond donors (Lipinski definition) is 0. The van der Waals surface area contributed by atoms with Crippen molar-refractivity contribution in [1.29, 1.82) is 0 Å². The van der Waals surface area contributed by atoms with Gasteiger partial charge in [-0.2, -0.15) is 0 Å². The van der Waals surface area contributed by atoms with Gasteiger partial charge in [0.05, 0.1) is 0 Å². The number of halogens is 1. The van der Waals surface area contributed by atoms with E-state index in [9.17, 15) is 4.39 Å². The summed E-state index contributed by atoms with van der Waals surface area (Å²) >= 11 is 0. The fraction of sp³-hybridized carbons (Fsp3) is 1.00. The topological polar surface area (TPSA) is 27.7 Å². The van der Waals surface area contributed by atoms with E-state index in [-0.39, 0.29) is 0 Å². The van der Waals surface area contributed by atoms with Gasteiger partial charge in [0.1, 0.15) is 6.17 Å². The minimum Gasteiger partial charge on any atom is -0.374 e. The molecule has 0 saturated heterocycles. The van der Waals surface area contributed by atoms with Gasteiger partial charge in [-0.1, -0.05) is 26.2 Å². The Bertz CT molecular complexity index is 188. The summed E-state index contributed by atoms with van der Waals surface area (Å²) in [5.74, 6) is 0. The van der Waals surface area contributed by atoms with Crippen LogP contribution in [0.15, 0.2) is 0 Å². The van der Waals surface area contributed by atoms with Crippen LogP contribution in [0.5, 0.6) is 0 Å². The molecule has 0 aromatic carbocycles. The van der Waals surface area contributed by atoms with E-state index in [0.29, 0.717) is 38.7 Å². The van der Waals surface area contributed by atoms with E-state index in [2.05, 4.69) is 6.92 Å². The Balaban J connectivity index is 4.21. The number of rotatable bonds is 13. The average molecular weight is 294 g/mol. The molecule has 3 nitrogen and oxygen atoms in total. The van der Waals surface area contributed by atoms with Gasteiger partial charge in [-0.3, -0.25) is 0 Å². The molecule has 5 heteroatoms. The van der Waals surface area contributed by atoms with Crippen LogP contribution in [-0.2, 0) is 13.3 Å². The summed E-state index contributed by atoms with van der Waals surface area (Å²) in [6.45, 7) is 9.57. The molecule has 0 aliphatic heterocycles. The highest BCUT2D eigenvalue weighted by Crippen LogP contribution is 2.22. The molecule has 0 spiro atoms. The van der Waals surface area contributed by atoms with E-state index >= 15 is 0 Å². The summed E-state index contributed by atoms with van der Waals surface area (Å²) in [6, 6.07) is 0.579. The van der Waals surface area contributed by atoms with E-state index in [1.54, 1.807) is 0 Å². The summed E-state index contributed by atoms with van der Waals surface area (Å²) in [6.07, 6.45) is 3.55. The lowest BCUT2D eigenvalue weighted by Crippen LogP contribution is -2.46. The van der Waals surface area contributed by atoms with Crippen LogP contribution in [-0.4, -0.2) is 34.8 Å². The third-order valence-electron chi connectivity index (χ3n) is 2.98. The van der Waals surface area contributed by atoms with E-state index in [1.807, 2.05) is 20.8 Å². The van der Waals surface area contributed by atoms with Gasteiger partial charge in [-0.05, 0) is 33.6 Å². The highest BCUT2D eigenvalue weighted by atomic mass is 28.4. The summed E-state index contributed by atoms with van der Waals surface area (Å²) in [5.41, 5.74) is 0. The molecular formula is C14H31FO3Si. The van der Waals surface area contributed by atoms with Gasteiger partial charge in [0.15, 0.2) is 0 Å². The standard InChI is InChI=1S/C14H31FO3Si/c1-5-9-10-11-14(15)12-13-19(16-6-2,17-7-3)18-8-4/h14H,5-13H2,1-4H3. The van der Waals surface area contributed by atoms with Crippen molar-refractivity contribution >= 4 is 8.80 Å². The molecule has 0 rings (SSSR count). The first-order valence-corrected chi connectivity index (χ1v) is 9.63. The van der Waals surface area contributed by atoms with Crippen molar-refractivity contribution in [2.75, 3.05) is 19.8 Å². The van der Waals surface area contributed by atoms with Gasteiger partial charge in [0, 0.05) is 25.9 Å². The zero-order chi connectivity index (χ0) is 14.6. The van der Waals surface area contributed by atoms with Crippen LogP contribution < -0.4 is 0 Å². The maximum absolute atomic E-state index is 13.8. The van der Waals surface area contributed by atoms with Crippen LogP contribution in [0.1, 0.15) is 59.8 Å². The van der Waals surface area contributed by atoms with Crippen LogP contribution in [0, 0.1) is 0 Å². The minimum absolute atomic E-state index is 0.482. The fourth-order valence-electron chi connectivity index (χ4n) is 2.09. The molecule has 0 aliphatic rings. The molecule has 0 aromatic heterocycles. The van der Waals surface area contributed by atoms with Gasteiger partial charge in [0.25, 0.3) is 0 Å². The van der Waals surface area contributed by atoms with Crippen molar-refractivity contribution in [2.24, 2.45) is 0 Å². The molecule has 0 bridgehead atoms. The van der Waals surface area contributed by atoms with E-state index < -0.39 is 15.0 Å². The summed E-state index contributed by atoms with van der Waals surface area (Å²) < 4.78 is 31.0. The second-order valence-corrected chi connectivity index (χ2v) is 7.35. The Morgan fingerprint density at radius 2 is 1.37 bits per heavy atom. The predicted molar refractivity (Wildman–Crippen MR) is 79.1 cm³/mol. The first-order chi connectivity index (χ1) is 9.14. The Labute approximate surface area is 119 Å². The highest BCUT2D eigenvalue weighted by molar-refractivity contribution is 6.60. The molecule has 1 atom stereocenters. The number of hydrogen-bond acceptors (Lipinski definition) is 3. The molecule has 0 aliphatic carbocycles. The minimum atomic E-state index is -2.65. The molecule has 1 unspecified atom stereocenters. The lowest BCUT2D eigenvalue weighted by atomic mass is 10.1. The van der Waals surface area contributed by atoms with Gasteiger partial charge >= 0.3 is 8.80 Å². The zero-order valence-corrected chi connectivity index (χ0v) is 14.0. The molecular weight excluding hydrogens is 263 g/mol. The second-order valence-electron chi connectivity index (χ2n) is 4.61. The summed E-state index contributed by atoms with van der Waals surface area (Å²) in [4.78, 5) is 0. The van der Waals surface area contributed by atoms with Crippen molar-refractivity contribution in [2.45, 2.75) is 72.0 Å². The van der Waals surface area contributed by atoms with Crippen LogP contribution in [0.4, 0.5) is 4.39 Å². The van der Waals surface area contributed by atoms with Crippen LogP contribution in [0.25, 0.3) is 0 Å². The largest absolute Gasteiger partial charge is 0.501 e. The molecule has 0 aromatic rings. The van der Waals surface area contributed by atoms with Gasteiger partial charge in [0.2, 0.25) is 0 Å². The van der Waals surface area contributed by atoms with Crippen molar-refractivity contribution in [1.82, 2.24) is 0 Å². The van der Waals surface area contributed by atoms with Crippen molar-refractivity contribution in [3.63, 3.8) is 0 Å². The van der Waals surface area contributed by atoms with E-state index in [4.69, 9.17) is 13.3 Å². The third-order valence-corrected chi connectivity index (χ3v) is 6.06. The smallest absolute Gasteiger partial charge is 0.374 e.